The lowest BCUT2D eigenvalue weighted by atomic mass is 9.49. The van der Waals surface area contributed by atoms with Gasteiger partial charge in [-0.2, -0.15) is 0 Å². The fourth-order valence-electron chi connectivity index (χ4n) is 7.53. The summed E-state index contributed by atoms with van der Waals surface area (Å²) in [4.78, 5) is 28.5. The van der Waals surface area contributed by atoms with Crippen molar-refractivity contribution in [2.45, 2.75) is 57.5 Å². The highest BCUT2D eigenvalue weighted by atomic mass is 16.5. The summed E-state index contributed by atoms with van der Waals surface area (Å²) < 4.78 is 6.16. The number of carbonyl (C=O) groups excluding carboxylic acids is 2. The summed E-state index contributed by atoms with van der Waals surface area (Å²) in [6.45, 7) is 2.16. The number of likely N-dealkylation sites (tertiary alicyclic amines) is 1. The molecule has 2 aromatic rings. The number of imide groups is 1. The molecule has 0 aromatic heterocycles. The number of rotatable bonds is 5. The van der Waals surface area contributed by atoms with Gasteiger partial charge in [0.25, 0.3) is 5.91 Å². The Morgan fingerprint density at radius 3 is 1.89 bits per heavy atom. The summed E-state index contributed by atoms with van der Waals surface area (Å²) in [5.41, 5.74) is 2.35. The van der Waals surface area contributed by atoms with Crippen LogP contribution in [0.1, 0.15) is 61.7 Å². The van der Waals surface area contributed by atoms with Crippen LogP contribution in [-0.4, -0.2) is 43.0 Å². The topological polar surface area (TPSA) is 58.6 Å². The summed E-state index contributed by atoms with van der Waals surface area (Å²) in [7, 11) is 2.15. The van der Waals surface area contributed by atoms with Crippen LogP contribution in [0.3, 0.4) is 0 Å². The maximum Gasteiger partial charge on any atom is 0.257 e. The molecule has 0 atom stereocenters. The minimum absolute atomic E-state index is 0.0362. The number of carbonyl (C=O) groups is 2. The van der Waals surface area contributed by atoms with E-state index in [1.807, 2.05) is 36.4 Å². The Morgan fingerprint density at radius 1 is 0.829 bits per heavy atom. The van der Waals surface area contributed by atoms with E-state index in [-0.39, 0.29) is 23.3 Å². The molecule has 0 spiro atoms. The lowest BCUT2D eigenvalue weighted by molar-refractivity contribution is -0.145. The zero-order chi connectivity index (χ0) is 24.0. The number of hydrogen-bond donors (Lipinski definition) is 1. The Bertz CT molecular complexity index is 1050. The molecule has 1 saturated heterocycles. The van der Waals surface area contributed by atoms with E-state index in [9.17, 15) is 9.59 Å². The summed E-state index contributed by atoms with van der Waals surface area (Å²) in [6, 6.07) is 15.7. The van der Waals surface area contributed by atoms with Gasteiger partial charge in [0.15, 0.2) is 0 Å². The summed E-state index contributed by atoms with van der Waals surface area (Å²) >= 11 is 0. The van der Waals surface area contributed by atoms with Crippen LogP contribution in [0.15, 0.2) is 48.5 Å². The van der Waals surface area contributed by atoms with Crippen LogP contribution in [0.5, 0.6) is 5.75 Å². The van der Waals surface area contributed by atoms with Crippen LogP contribution in [0.25, 0.3) is 11.1 Å². The number of benzene rings is 2. The first-order valence-corrected chi connectivity index (χ1v) is 13.4. The first-order valence-electron chi connectivity index (χ1n) is 13.4. The van der Waals surface area contributed by atoms with Gasteiger partial charge in [-0.15, -0.1) is 0 Å². The molecule has 7 rings (SSSR count). The molecule has 2 amide bonds. The SMILES string of the molecule is CN1CCC(Oc2ccc(-c3ccc(C(=O)NC(=O)C45CC6CC(CC(C6)C4)C5)cc3)cc2)CC1. The largest absolute Gasteiger partial charge is 0.490 e. The first kappa shape index (κ1) is 22.8. The van der Waals surface area contributed by atoms with Crippen molar-refractivity contribution in [2.75, 3.05) is 20.1 Å². The average molecular weight is 473 g/mol. The normalized spacial score (nSPS) is 30.3. The second kappa shape index (κ2) is 9.09. The summed E-state index contributed by atoms with van der Waals surface area (Å²) in [5, 5.41) is 2.76. The third-order valence-electron chi connectivity index (χ3n) is 9.05. The molecule has 1 heterocycles. The van der Waals surface area contributed by atoms with Crippen molar-refractivity contribution in [2.24, 2.45) is 23.2 Å². The molecule has 4 aliphatic carbocycles. The van der Waals surface area contributed by atoms with Crippen molar-refractivity contribution in [3.05, 3.63) is 54.1 Å². The molecule has 5 heteroatoms. The van der Waals surface area contributed by atoms with Gasteiger partial charge < -0.3 is 9.64 Å². The molecule has 0 radical (unpaired) electrons. The zero-order valence-corrected chi connectivity index (χ0v) is 20.7. The summed E-state index contributed by atoms with van der Waals surface area (Å²) in [6.07, 6.45) is 9.17. The molecule has 1 N–H and O–H groups in total. The fourth-order valence-corrected chi connectivity index (χ4v) is 7.53. The summed E-state index contributed by atoms with van der Waals surface area (Å²) in [5.74, 6) is 2.64. The van der Waals surface area contributed by atoms with Crippen LogP contribution in [0, 0.1) is 23.2 Å². The fraction of sp³-hybridized carbons (Fsp3) is 0.533. The van der Waals surface area contributed by atoms with E-state index in [2.05, 4.69) is 29.4 Å². The van der Waals surface area contributed by atoms with Crippen LogP contribution in [0.4, 0.5) is 0 Å². The van der Waals surface area contributed by atoms with Gasteiger partial charge in [-0.1, -0.05) is 24.3 Å². The maximum absolute atomic E-state index is 13.2. The van der Waals surface area contributed by atoms with Gasteiger partial charge in [-0.25, -0.2) is 0 Å². The van der Waals surface area contributed by atoms with Crippen LogP contribution in [-0.2, 0) is 4.79 Å². The zero-order valence-electron chi connectivity index (χ0n) is 20.7. The number of nitrogens with zero attached hydrogens (tertiary/aromatic N) is 1. The van der Waals surface area contributed by atoms with Gasteiger partial charge in [0.05, 0.1) is 5.41 Å². The predicted molar refractivity (Wildman–Crippen MR) is 136 cm³/mol. The average Bonchev–Trinajstić information content (AvgIpc) is 2.85. The van der Waals surface area contributed by atoms with Gasteiger partial charge in [-0.05, 0) is 112 Å². The van der Waals surface area contributed by atoms with Gasteiger partial charge >= 0.3 is 0 Å². The number of piperidine rings is 1. The predicted octanol–water partition coefficient (Wildman–Crippen LogP) is 5.30. The molecular weight excluding hydrogens is 436 g/mol. The molecule has 5 aliphatic rings. The minimum atomic E-state index is -0.304. The quantitative estimate of drug-likeness (QED) is 0.600. The molecule has 0 unspecified atom stereocenters. The van der Waals surface area contributed by atoms with E-state index in [0.717, 1.165) is 62.1 Å². The third-order valence-corrected chi connectivity index (χ3v) is 9.05. The van der Waals surface area contributed by atoms with Gasteiger partial charge in [0.1, 0.15) is 11.9 Å². The van der Waals surface area contributed by atoms with Crippen LogP contribution < -0.4 is 10.1 Å². The Balaban J connectivity index is 1.07. The Hall–Kier alpha value is -2.66. The van der Waals surface area contributed by atoms with E-state index in [4.69, 9.17) is 4.74 Å². The minimum Gasteiger partial charge on any atom is -0.490 e. The van der Waals surface area contributed by atoms with E-state index < -0.39 is 0 Å². The molecule has 5 fully saturated rings. The maximum atomic E-state index is 13.2. The number of hydrogen-bond acceptors (Lipinski definition) is 4. The highest BCUT2D eigenvalue weighted by molar-refractivity contribution is 6.06. The third kappa shape index (κ3) is 4.63. The van der Waals surface area contributed by atoms with Crippen molar-refractivity contribution in [1.29, 1.82) is 0 Å². The Labute approximate surface area is 208 Å². The smallest absolute Gasteiger partial charge is 0.257 e. The number of nitrogens with one attached hydrogen (secondary N) is 1. The second-order valence-corrected chi connectivity index (χ2v) is 11.7. The van der Waals surface area contributed by atoms with Crippen molar-refractivity contribution in [3.63, 3.8) is 0 Å². The number of amides is 2. The van der Waals surface area contributed by atoms with E-state index in [1.54, 1.807) is 0 Å². The van der Waals surface area contributed by atoms with E-state index in [1.165, 1.54) is 19.3 Å². The molecule has 184 valence electrons. The number of ether oxygens (including phenoxy) is 1. The Kier molecular flexibility index (Phi) is 5.92. The lowest BCUT2D eigenvalue weighted by Crippen LogP contribution is -2.54. The monoisotopic (exact) mass is 472 g/mol. The first-order chi connectivity index (χ1) is 17.0. The molecule has 1 aliphatic heterocycles. The van der Waals surface area contributed by atoms with Gasteiger partial charge in [-0.3, -0.25) is 14.9 Å². The Morgan fingerprint density at radius 2 is 1.34 bits per heavy atom. The van der Waals surface area contributed by atoms with Gasteiger partial charge in [0, 0.05) is 18.7 Å². The molecule has 5 nitrogen and oxygen atoms in total. The molecule has 2 aromatic carbocycles. The molecule has 35 heavy (non-hydrogen) atoms. The molecule has 4 saturated carbocycles. The van der Waals surface area contributed by atoms with Crippen LogP contribution >= 0.6 is 0 Å². The highest BCUT2D eigenvalue weighted by Crippen LogP contribution is 2.60. The standard InChI is InChI=1S/C30H36N2O3/c1-32-12-10-27(11-13-32)35-26-8-6-24(7-9-26)23-2-4-25(5-3-23)28(33)31-29(34)30-17-20-14-21(18-30)16-22(15-20)19-30/h2-9,20-22,27H,10-19H2,1H3,(H,31,33,34). The molecule has 4 bridgehead atoms. The van der Waals surface area contributed by atoms with Crippen molar-refractivity contribution in [3.8, 4) is 16.9 Å². The van der Waals surface area contributed by atoms with Crippen LogP contribution in [0.2, 0.25) is 0 Å². The van der Waals surface area contributed by atoms with Crippen molar-refractivity contribution >= 4 is 11.8 Å². The van der Waals surface area contributed by atoms with E-state index in [0.29, 0.717) is 23.3 Å². The van der Waals surface area contributed by atoms with Crippen molar-refractivity contribution in [1.82, 2.24) is 10.2 Å². The van der Waals surface area contributed by atoms with Crippen molar-refractivity contribution < 1.29 is 14.3 Å². The van der Waals surface area contributed by atoms with Gasteiger partial charge in [0.2, 0.25) is 5.91 Å². The second-order valence-electron chi connectivity index (χ2n) is 11.7. The lowest BCUT2D eigenvalue weighted by Gasteiger charge is -2.55. The highest BCUT2D eigenvalue weighted by Gasteiger charge is 2.54. The van der Waals surface area contributed by atoms with E-state index >= 15 is 0 Å². The molecular formula is C30H36N2O3.